The zero-order chi connectivity index (χ0) is 15.8. The van der Waals surface area contributed by atoms with Crippen LogP contribution in [0.2, 0.25) is 0 Å². The summed E-state index contributed by atoms with van der Waals surface area (Å²) < 4.78 is 49.9. The van der Waals surface area contributed by atoms with Gasteiger partial charge in [-0.05, 0) is 41.1 Å². The van der Waals surface area contributed by atoms with Gasteiger partial charge in [0.05, 0.1) is 8.68 Å². The molecule has 0 fully saturated rings. The smallest absolute Gasteiger partial charge is 0.224 e. The Morgan fingerprint density at radius 1 is 1.24 bits per heavy atom. The number of primary sulfonamides is 1. The zero-order valence-corrected chi connectivity index (χ0v) is 15.5. The van der Waals surface area contributed by atoms with Crippen molar-refractivity contribution in [2.24, 2.45) is 5.14 Å². The monoisotopic (exact) mass is 430 g/mol. The summed E-state index contributed by atoms with van der Waals surface area (Å²) in [6.45, 7) is 1.73. The van der Waals surface area contributed by atoms with Gasteiger partial charge in [0.2, 0.25) is 20.0 Å². The number of hydrogen-bond acceptors (Lipinski definition) is 6. The standard InChI is InChI=1S/C10H11BrN2O4S4/c1-6-8(4-9(11)18-6)21(16,17)13-5-7-2-3-10(19-7)20(12,14)15/h2-4,13H,5H2,1H3,(H2,12,14,15). The molecule has 0 unspecified atom stereocenters. The van der Waals surface area contributed by atoms with Gasteiger partial charge >= 0.3 is 0 Å². The molecular weight excluding hydrogens is 420 g/mol. The second-order valence-corrected chi connectivity index (χ2v) is 11.4. The molecule has 11 heteroatoms. The molecule has 0 aliphatic heterocycles. The average molecular weight is 431 g/mol. The number of aryl methyl sites for hydroxylation is 1. The summed E-state index contributed by atoms with van der Waals surface area (Å²) in [4.78, 5) is 1.45. The predicted molar refractivity (Wildman–Crippen MR) is 86.5 cm³/mol. The largest absolute Gasteiger partial charge is 0.247 e. The Labute approximate surface area is 139 Å². The average Bonchev–Trinajstić information content (AvgIpc) is 2.93. The highest BCUT2D eigenvalue weighted by Gasteiger charge is 2.20. The molecule has 2 rings (SSSR count). The van der Waals surface area contributed by atoms with E-state index in [0.717, 1.165) is 15.1 Å². The summed E-state index contributed by atoms with van der Waals surface area (Å²) in [6, 6.07) is 4.42. The van der Waals surface area contributed by atoms with Crippen LogP contribution in [-0.4, -0.2) is 16.8 Å². The van der Waals surface area contributed by atoms with Crippen molar-refractivity contribution >= 4 is 58.7 Å². The van der Waals surface area contributed by atoms with Crippen LogP contribution in [0.15, 0.2) is 31.1 Å². The van der Waals surface area contributed by atoms with E-state index in [1.54, 1.807) is 6.92 Å². The minimum Gasteiger partial charge on any atom is -0.224 e. The predicted octanol–water partition coefficient (Wildman–Crippen LogP) is 2.01. The second kappa shape index (κ2) is 6.07. The van der Waals surface area contributed by atoms with Gasteiger partial charge in [-0.15, -0.1) is 22.7 Å². The van der Waals surface area contributed by atoms with E-state index in [0.29, 0.717) is 9.75 Å². The summed E-state index contributed by atoms with van der Waals surface area (Å²) in [5.74, 6) is 0. The van der Waals surface area contributed by atoms with Gasteiger partial charge in [0, 0.05) is 16.3 Å². The van der Waals surface area contributed by atoms with Crippen molar-refractivity contribution in [2.45, 2.75) is 22.6 Å². The van der Waals surface area contributed by atoms with Gasteiger partial charge in [-0.25, -0.2) is 26.7 Å². The van der Waals surface area contributed by atoms with Crippen molar-refractivity contribution in [1.82, 2.24) is 4.72 Å². The van der Waals surface area contributed by atoms with Crippen LogP contribution < -0.4 is 9.86 Å². The molecule has 2 aromatic heterocycles. The van der Waals surface area contributed by atoms with Crippen molar-refractivity contribution in [1.29, 1.82) is 0 Å². The summed E-state index contributed by atoms with van der Waals surface area (Å²) in [5.41, 5.74) is 0. The fourth-order valence-corrected chi connectivity index (χ4v) is 6.78. The molecule has 0 aliphatic carbocycles. The van der Waals surface area contributed by atoms with Gasteiger partial charge in [-0.1, -0.05) is 0 Å². The van der Waals surface area contributed by atoms with E-state index in [1.807, 2.05) is 0 Å². The summed E-state index contributed by atoms with van der Waals surface area (Å²) in [6.07, 6.45) is 0. The molecule has 0 saturated heterocycles. The van der Waals surface area contributed by atoms with Crippen LogP contribution in [0.1, 0.15) is 9.75 Å². The number of halogens is 1. The molecule has 0 atom stereocenters. The molecule has 0 bridgehead atoms. The number of sulfonamides is 2. The Balaban J connectivity index is 2.16. The van der Waals surface area contributed by atoms with Crippen molar-refractivity contribution < 1.29 is 16.8 Å². The first kappa shape index (κ1) is 17.1. The summed E-state index contributed by atoms with van der Waals surface area (Å²) in [5, 5.41) is 5.01. The number of nitrogens with two attached hydrogens (primary N) is 1. The Morgan fingerprint density at radius 2 is 1.90 bits per heavy atom. The molecule has 0 radical (unpaired) electrons. The first-order valence-corrected chi connectivity index (χ1v) is 10.9. The van der Waals surface area contributed by atoms with Crippen LogP contribution in [0, 0.1) is 6.92 Å². The molecular formula is C10H11BrN2O4S4. The highest BCUT2D eigenvalue weighted by atomic mass is 79.9. The van der Waals surface area contributed by atoms with E-state index in [-0.39, 0.29) is 15.6 Å². The highest BCUT2D eigenvalue weighted by molar-refractivity contribution is 9.11. The molecule has 2 aromatic rings. The van der Waals surface area contributed by atoms with Gasteiger partial charge < -0.3 is 0 Å². The maximum absolute atomic E-state index is 12.2. The first-order valence-electron chi connectivity index (χ1n) is 5.47. The van der Waals surface area contributed by atoms with Gasteiger partial charge in [0.15, 0.2) is 0 Å². The van der Waals surface area contributed by atoms with Crippen molar-refractivity contribution in [3.8, 4) is 0 Å². The Hall–Kier alpha value is -0.300. The van der Waals surface area contributed by atoms with Crippen LogP contribution in [0.25, 0.3) is 0 Å². The topological polar surface area (TPSA) is 106 Å². The minimum absolute atomic E-state index is 0.00570. The molecule has 0 saturated carbocycles. The number of thiophene rings is 2. The van der Waals surface area contributed by atoms with Crippen molar-refractivity contribution in [3.63, 3.8) is 0 Å². The van der Waals surface area contributed by atoms with Crippen LogP contribution in [-0.2, 0) is 26.6 Å². The highest BCUT2D eigenvalue weighted by Crippen LogP contribution is 2.29. The fourth-order valence-electron chi connectivity index (χ4n) is 1.55. The Morgan fingerprint density at radius 3 is 2.38 bits per heavy atom. The van der Waals surface area contributed by atoms with Crippen LogP contribution in [0.5, 0.6) is 0 Å². The lowest BCUT2D eigenvalue weighted by Crippen LogP contribution is -2.22. The minimum atomic E-state index is -3.75. The lowest BCUT2D eigenvalue weighted by Gasteiger charge is -2.04. The molecule has 116 valence electrons. The van der Waals surface area contributed by atoms with Gasteiger partial charge in [0.1, 0.15) is 4.21 Å². The van der Waals surface area contributed by atoms with E-state index >= 15 is 0 Å². The third-order valence-electron chi connectivity index (χ3n) is 2.49. The lowest BCUT2D eigenvalue weighted by molar-refractivity contribution is 0.581. The van der Waals surface area contributed by atoms with Gasteiger partial charge in [0.25, 0.3) is 0 Å². The first-order chi connectivity index (χ1) is 9.59. The Bertz CT molecular complexity index is 867. The van der Waals surface area contributed by atoms with Gasteiger partial charge in [-0.3, -0.25) is 0 Å². The van der Waals surface area contributed by atoms with E-state index in [9.17, 15) is 16.8 Å². The fraction of sp³-hybridized carbons (Fsp3) is 0.200. The maximum atomic E-state index is 12.2. The third kappa shape index (κ3) is 4.12. The van der Waals surface area contributed by atoms with E-state index in [4.69, 9.17) is 5.14 Å². The SMILES string of the molecule is Cc1sc(Br)cc1S(=O)(=O)NCc1ccc(S(N)(=O)=O)s1. The molecule has 21 heavy (non-hydrogen) atoms. The van der Waals surface area contributed by atoms with E-state index in [1.165, 1.54) is 29.5 Å². The van der Waals surface area contributed by atoms with E-state index < -0.39 is 20.0 Å². The van der Waals surface area contributed by atoms with Gasteiger partial charge in [-0.2, -0.15) is 0 Å². The molecule has 2 heterocycles. The quantitative estimate of drug-likeness (QED) is 0.755. The molecule has 0 aliphatic rings. The summed E-state index contributed by atoms with van der Waals surface area (Å²) >= 11 is 5.51. The molecule has 6 nitrogen and oxygen atoms in total. The lowest BCUT2D eigenvalue weighted by atomic mass is 10.5. The van der Waals surface area contributed by atoms with Crippen molar-refractivity contribution in [2.75, 3.05) is 0 Å². The third-order valence-corrected chi connectivity index (χ3v) is 8.22. The molecule has 0 aromatic carbocycles. The molecule has 0 amide bonds. The second-order valence-electron chi connectivity index (χ2n) is 4.06. The molecule has 0 spiro atoms. The summed E-state index contributed by atoms with van der Waals surface area (Å²) in [7, 11) is -7.39. The normalized spacial score (nSPS) is 12.7. The van der Waals surface area contributed by atoms with Crippen LogP contribution in [0.4, 0.5) is 0 Å². The Kier molecular flexibility index (Phi) is 4.93. The number of rotatable bonds is 5. The molecule has 3 N–H and O–H groups in total. The van der Waals surface area contributed by atoms with Crippen LogP contribution in [0.3, 0.4) is 0 Å². The number of nitrogens with one attached hydrogen (secondary N) is 1. The van der Waals surface area contributed by atoms with E-state index in [2.05, 4.69) is 20.7 Å². The van der Waals surface area contributed by atoms with Crippen molar-refractivity contribution in [3.05, 3.63) is 31.7 Å². The van der Waals surface area contributed by atoms with Crippen LogP contribution >= 0.6 is 38.6 Å². The zero-order valence-electron chi connectivity index (χ0n) is 10.7. The number of hydrogen-bond donors (Lipinski definition) is 2. The maximum Gasteiger partial charge on any atom is 0.247 e.